The summed E-state index contributed by atoms with van der Waals surface area (Å²) in [6.45, 7) is 0.683. The van der Waals surface area contributed by atoms with Crippen LogP contribution in [-0.2, 0) is 14.8 Å². The minimum Gasteiger partial charge on any atom is -0.478 e. The van der Waals surface area contributed by atoms with Crippen LogP contribution < -0.4 is 0 Å². The fourth-order valence-corrected chi connectivity index (χ4v) is 4.17. The third kappa shape index (κ3) is 2.97. The Morgan fingerprint density at radius 2 is 2.20 bits per heavy atom. The predicted octanol–water partition coefficient (Wildman–Crippen LogP) is 1.40. The van der Waals surface area contributed by atoms with E-state index in [1.54, 1.807) is 7.11 Å². The predicted molar refractivity (Wildman–Crippen MR) is 80.3 cm³/mol. The van der Waals surface area contributed by atoms with Crippen molar-refractivity contribution in [2.45, 2.75) is 17.4 Å². The number of hydrogen-bond acceptors (Lipinski definition) is 4. The van der Waals surface area contributed by atoms with E-state index in [1.165, 1.54) is 22.5 Å². The van der Waals surface area contributed by atoms with E-state index >= 15 is 0 Å². The Morgan fingerprint density at radius 3 is 2.75 bits per heavy atom. The minimum atomic E-state index is -3.67. The first-order valence-corrected chi connectivity index (χ1v) is 8.44. The van der Waals surface area contributed by atoms with Gasteiger partial charge in [-0.1, -0.05) is 0 Å². The number of benzene rings is 1. The van der Waals surface area contributed by atoms with Gasteiger partial charge in [-0.2, -0.15) is 4.31 Å². The second-order valence-electron chi connectivity index (χ2n) is 4.46. The van der Waals surface area contributed by atoms with E-state index in [0.29, 0.717) is 23.1 Å². The molecule has 1 fully saturated rings. The number of nitrogens with zero attached hydrogens (tertiary/aromatic N) is 1. The van der Waals surface area contributed by atoms with Gasteiger partial charge < -0.3 is 9.84 Å². The highest BCUT2D eigenvalue weighted by molar-refractivity contribution is 14.1. The van der Waals surface area contributed by atoms with Gasteiger partial charge in [-0.05, 0) is 47.2 Å². The molecule has 8 heteroatoms. The summed E-state index contributed by atoms with van der Waals surface area (Å²) >= 11 is 1.87. The summed E-state index contributed by atoms with van der Waals surface area (Å²) in [6.07, 6.45) is 0.541. The first kappa shape index (κ1) is 15.7. The molecule has 1 saturated heterocycles. The van der Waals surface area contributed by atoms with Crippen molar-refractivity contribution in [3.05, 3.63) is 27.3 Å². The van der Waals surface area contributed by atoms with Crippen molar-refractivity contribution < 1.29 is 23.1 Å². The number of aromatic carboxylic acids is 1. The molecule has 110 valence electrons. The molecule has 1 aromatic rings. The standard InChI is InChI=1S/C12H14INO5S/c1-19-8-4-5-14(7-8)20(17,18)9-2-3-11(13)10(6-9)12(15)16/h2-3,6,8H,4-5,7H2,1H3,(H,15,16). The van der Waals surface area contributed by atoms with Crippen LogP contribution in [0.1, 0.15) is 16.8 Å². The third-order valence-corrected chi connectivity index (χ3v) is 6.05. The zero-order chi connectivity index (χ0) is 14.9. The van der Waals surface area contributed by atoms with Gasteiger partial charge >= 0.3 is 5.97 Å². The molecule has 0 aliphatic carbocycles. The quantitative estimate of drug-likeness (QED) is 0.758. The lowest BCUT2D eigenvalue weighted by Crippen LogP contribution is -2.30. The molecule has 1 aliphatic rings. The lowest BCUT2D eigenvalue weighted by atomic mass is 10.2. The zero-order valence-electron chi connectivity index (χ0n) is 10.7. The van der Waals surface area contributed by atoms with E-state index in [-0.39, 0.29) is 16.6 Å². The molecular weight excluding hydrogens is 397 g/mol. The molecule has 1 unspecified atom stereocenters. The van der Waals surface area contributed by atoms with Crippen molar-refractivity contribution in [3.63, 3.8) is 0 Å². The largest absolute Gasteiger partial charge is 0.478 e. The molecule has 20 heavy (non-hydrogen) atoms. The number of hydrogen-bond donors (Lipinski definition) is 1. The molecule has 1 aliphatic heterocycles. The second-order valence-corrected chi connectivity index (χ2v) is 7.56. The highest BCUT2D eigenvalue weighted by atomic mass is 127. The van der Waals surface area contributed by atoms with Crippen molar-refractivity contribution in [1.82, 2.24) is 4.31 Å². The third-order valence-electron chi connectivity index (χ3n) is 3.25. The van der Waals surface area contributed by atoms with Crippen LogP contribution in [0, 0.1) is 3.57 Å². The maximum atomic E-state index is 12.5. The van der Waals surface area contributed by atoms with Crippen LogP contribution in [0.2, 0.25) is 0 Å². The number of carboxylic acids is 1. The SMILES string of the molecule is COC1CCN(S(=O)(=O)c2ccc(I)c(C(=O)O)c2)C1. The van der Waals surface area contributed by atoms with Gasteiger partial charge in [0.25, 0.3) is 0 Å². The molecule has 1 atom stereocenters. The van der Waals surface area contributed by atoms with Crippen molar-refractivity contribution in [1.29, 1.82) is 0 Å². The molecule has 0 amide bonds. The zero-order valence-corrected chi connectivity index (χ0v) is 13.7. The Balaban J connectivity index is 2.35. The first-order chi connectivity index (χ1) is 9.36. The van der Waals surface area contributed by atoms with Crippen LogP contribution in [-0.4, -0.2) is 50.1 Å². The Bertz CT molecular complexity index is 631. The average Bonchev–Trinajstić information content (AvgIpc) is 2.88. The maximum Gasteiger partial charge on any atom is 0.336 e. The molecule has 0 spiro atoms. The van der Waals surface area contributed by atoms with Crippen LogP contribution in [0.5, 0.6) is 0 Å². The van der Waals surface area contributed by atoms with Gasteiger partial charge in [0.2, 0.25) is 10.0 Å². The molecular formula is C12H14INO5S. The molecule has 1 aromatic carbocycles. The summed E-state index contributed by atoms with van der Waals surface area (Å²) in [5.74, 6) is -1.14. The fourth-order valence-electron chi connectivity index (χ4n) is 2.09. The van der Waals surface area contributed by atoms with E-state index in [1.807, 2.05) is 22.6 Å². The highest BCUT2D eigenvalue weighted by Gasteiger charge is 2.33. The number of methoxy groups -OCH3 is 1. The summed E-state index contributed by atoms with van der Waals surface area (Å²) in [5, 5.41) is 9.07. The fraction of sp³-hybridized carbons (Fsp3) is 0.417. The monoisotopic (exact) mass is 411 g/mol. The van der Waals surface area contributed by atoms with Gasteiger partial charge in [-0.15, -0.1) is 0 Å². The van der Waals surface area contributed by atoms with Gasteiger partial charge in [-0.3, -0.25) is 0 Å². The Labute approximate surface area is 130 Å². The molecule has 1 N–H and O–H groups in total. The summed E-state index contributed by atoms with van der Waals surface area (Å²) in [4.78, 5) is 11.1. The van der Waals surface area contributed by atoms with Crippen LogP contribution in [0.25, 0.3) is 0 Å². The van der Waals surface area contributed by atoms with E-state index < -0.39 is 16.0 Å². The maximum absolute atomic E-state index is 12.5. The number of carbonyl (C=O) groups is 1. The summed E-state index contributed by atoms with van der Waals surface area (Å²) in [7, 11) is -2.12. The molecule has 0 saturated carbocycles. The van der Waals surface area contributed by atoms with E-state index in [9.17, 15) is 13.2 Å². The minimum absolute atomic E-state index is 0.00540. The normalized spacial score (nSPS) is 20.2. The summed E-state index contributed by atoms with van der Waals surface area (Å²) in [5.41, 5.74) is -0.00540. The van der Waals surface area contributed by atoms with E-state index in [2.05, 4.69) is 0 Å². The van der Waals surface area contributed by atoms with Crippen molar-refractivity contribution in [3.8, 4) is 0 Å². The number of carboxylic acid groups (broad SMARTS) is 1. The molecule has 2 rings (SSSR count). The Morgan fingerprint density at radius 1 is 1.50 bits per heavy atom. The second kappa shape index (κ2) is 5.96. The number of halogens is 1. The van der Waals surface area contributed by atoms with E-state index in [4.69, 9.17) is 9.84 Å². The lowest BCUT2D eigenvalue weighted by Gasteiger charge is -2.16. The van der Waals surface area contributed by atoms with Gasteiger partial charge in [0.1, 0.15) is 0 Å². The topological polar surface area (TPSA) is 83.9 Å². The van der Waals surface area contributed by atoms with Gasteiger partial charge in [0.15, 0.2) is 0 Å². The summed E-state index contributed by atoms with van der Waals surface area (Å²) < 4.78 is 31.9. The first-order valence-electron chi connectivity index (χ1n) is 5.92. The van der Waals surface area contributed by atoms with Crippen LogP contribution in [0.4, 0.5) is 0 Å². The number of rotatable bonds is 4. The van der Waals surface area contributed by atoms with Gasteiger partial charge in [0.05, 0.1) is 16.6 Å². The van der Waals surface area contributed by atoms with Crippen LogP contribution >= 0.6 is 22.6 Å². The van der Waals surface area contributed by atoms with Crippen LogP contribution in [0.15, 0.2) is 23.1 Å². The Kier molecular flexibility index (Phi) is 4.67. The Hall–Kier alpha value is -0.710. The van der Waals surface area contributed by atoms with Crippen molar-refractivity contribution in [2.24, 2.45) is 0 Å². The van der Waals surface area contributed by atoms with E-state index in [0.717, 1.165) is 0 Å². The van der Waals surface area contributed by atoms with Gasteiger partial charge in [0, 0.05) is 23.8 Å². The van der Waals surface area contributed by atoms with Crippen molar-refractivity contribution >= 4 is 38.6 Å². The molecule has 0 aromatic heterocycles. The van der Waals surface area contributed by atoms with Crippen LogP contribution in [0.3, 0.4) is 0 Å². The molecule has 0 radical (unpaired) electrons. The summed E-state index contributed by atoms with van der Waals surface area (Å²) in [6, 6.07) is 4.14. The molecule has 1 heterocycles. The number of sulfonamides is 1. The smallest absolute Gasteiger partial charge is 0.336 e. The van der Waals surface area contributed by atoms with Gasteiger partial charge in [-0.25, -0.2) is 13.2 Å². The molecule has 0 bridgehead atoms. The average molecular weight is 411 g/mol. The molecule has 6 nitrogen and oxygen atoms in total. The van der Waals surface area contributed by atoms with Crippen molar-refractivity contribution in [2.75, 3.05) is 20.2 Å². The lowest BCUT2D eigenvalue weighted by molar-refractivity contribution is 0.0695. The number of ether oxygens (including phenoxy) is 1. The highest BCUT2D eigenvalue weighted by Crippen LogP contribution is 2.24.